The molecule has 138 valence electrons. The second-order valence-corrected chi connectivity index (χ2v) is 8.03. The maximum atomic E-state index is 12.9. The van der Waals surface area contributed by atoms with E-state index in [0.29, 0.717) is 18.7 Å². The third-order valence-electron chi connectivity index (χ3n) is 4.21. The van der Waals surface area contributed by atoms with E-state index in [4.69, 9.17) is 16.3 Å². The van der Waals surface area contributed by atoms with Gasteiger partial charge in [0.05, 0.1) is 18.4 Å². The van der Waals surface area contributed by atoms with E-state index in [-0.39, 0.29) is 27.3 Å². The Kier molecular flexibility index (Phi) is 5.38. The van der Waals surface area contributed by atoms with Crippen LogP contribution in [0, 0.1) is 0 Å². The lowest BCUT2D eigenvalue weighted by atomic mass is 10.1. The Balaban J connectivity index is 1.96. The Labute approximate surface area is 157 Å². The number of hydrogen-bond acceptors (Lipinski definition) is 4. The molecule has 1 amide bonds. The third-order valence-corrected chi connectivity index (χ3v) is 5.83. The van der Waals surface area contributed by atoms with Gasteiger partial charge in [-0.1, -0.05) is 23.7 Å². The van der Waals surface area contributed by atoms with Crippen LogP contribution in [-0.4, -0.2) is 39.4 Å². The number of benzene rings is 2. The fourth-order valence-electron chi connectivity index (χ4n) is 2.91. The number of carbonyl (C=O) groups is 1. The lowest BCUT2D eigenvalue weighted by Crippen LogP contribution is -2.28. The fourth-order valence-corrected chi connectivity index (χ4v) is 4.42. The van der Waals surface area contributed by atoms with Gasteiger partial charge in [-0.05, 0) is 43.2 Å². The molecule has 0 unspecified atom stereocenters. The Morgan fingerprint density at radius 1 is 1.15 bits per heavy atom. The molecule has 0 saturated carbocycles. The highest BCUT2D eigenvalue weighted by Crippen LogP contribution is 2.30. The van der Waals surface area contributed by atoms with Crippen molar-refractivity contribution in [2.75, 3.05) is 24.9 Å². The lowest BCUT2D eigenvalue weighted by Gasteiger charge is -2.18. The van der Waals surface area contributed by atoms with Gasteiger partial charge in [0.2, 0.25) is 0 Å². The molecule has 3 rings (SSSR count). The fraction of sp³-hybridized carbons (Fsp3) is 0.278. The third kappa shape index (κ3) is 3.78. The average Bonchev–Trinajstić information content (AvgIpc) is 3.16. The van der Waals surface area contributed by atoms with E-state index in [1.165, 1.54) is 19.2 Å². The highest BCUT2D eigenvalue weighted by molar-refractivity contribution is 7.92. The number of nitrogens with one attached hydrogen (secondary N) is 1. The van der Waals surface area contributed by atoms with Crippen LogP contribution in [0.25, 0.3) is 0 Å². The first-order valence-electron chi connectivity index (χ1n) is 8.17. The van der Waals surface area contributed by atoms with Crippen LogP contribution in [0.15, 0.2) is 47.4 Å². The first kappa shape index (κ1) is 18.5. The Bertz CT molecular complexity index is 925. The summed E-state index contributed by atoms with van der Waals surface area (Å²) < 4.78 is 33.3. The second-order valence-electron chi connectivity index (χ2n) is 5.95. The van der Waals surface area contributed by atoms with Gasteiger partial charge < -0.3 is 9.64 Å². The number of hydrogen-bond donors (Lipinski definition) is 1. The Hall–Kier alpha value is -2.25. The van der Waals surface area contributed by atoms with E-state index in [9.17, 15) is 13.2 Å². The summed E-state index contributed by atoms with van der Waals surface area (Å²) >= 11 is 5.94. The number of para-hydroxylation sites is 1. The second kappa shape index (κ2) is 7.55. The zero-order valence-electron chi connectivity index (χ0n) is 14.2. The molecule has 1 aliphatic heterocycles. The number of carbonyl (C=O) groups excluding carboxylic acids is 1. The van der Waals surface area contributed by atoms with Gasteiger partial charge in [0.25, 0.3) is 15.9 Å². The van der Waals surface area contributed by atoms with Gasteiger partial charge in [0, 0.05) is 18.1 Å². The summed E-state index contributed by atoms with van der Waals surface area (Å²) in [5, 5.41) is 0.271. The number of ether oxygens (including phenoxy) is 1. The van der Waals surface area contributed by atoms with Crippen LogP contribution in [0.4, 0.5) is 5.69 Å². The molecule has 0 spiro atoms. The smallest absolute Gasteiger partial charge is 0.265 e. The summed E-state index contributed by atoms with van der Waals surface area (Å²) in [6, 6.07) is 10.9. The van der Waals surface area contributed by atoms with Crippen molar-refractivity contribution < 1.29 is 17.9 Å². The predicted octanol–water partition coefficient (Wildman–Crippen LogP) is 3.39. The van der Waals surface area contributed by atoms with Crippen molar-refractivity contribution >= 4 is 33.2 Å². The van der Waals surface area contributed by atoms with Crippen molar-refractivity contribution in [3.8, 4) is 5.75 Å². The molecule has 1 saturated heterocycles. The van der Waals surface area contributed by atoms with Crippen molar-refractivity contribution in [3.63, 3.8) is 0 Å². The molecule has 0 radical (unpaired) electrons. The number of anilines is 1. The monoisotopic (exact) mass is 394 g/mol. The highest BCUT2D eigenvalue weighted by Gasteiger charge is 2.25. The summed E-state index contributed by atoms with van der Waals surface area (Å²) in [7, 11) is -2.61. The van der Waals surface area contributed by atoms with Gasteiger partial charge in [-0.3, -0.25) is 9.52 Å². The van der Waals surface area contributed by atoms with E-state index >= 15 is 0 Å². The minimum absolute atomic E-state index is 0.0871. The van der Waals surface area contributed by atoms with Crippen LogP contribution in [-0.2, 0) is 10.0 Å². The van der Waals surface area contributed by atoms with Crippen LogP contribution >= 0.6 is 11.6 Å². The highest BCUT2D eigenvalue weighted by atomic mass is 35.5. The van der Waals surface area contributed by atoms with Gasteiger partial charge in [-0.2, -0.15) is 0 Å². The number of likely N-dealkylation sites (tertiary alicyclic amines) is 1. The van der Waals surface area contributed by atoms with Crippen LogP contribution in [0.3, 0.4) is 0 Å². The zero-order chi connectivity index (χ0) is 18.7. The molecule has 0 bridgehead atoms. The molecule has 1 fully saturated rings. The van der Waals surface area contributed by atoms with Crippen molar-refractivity contribution in [2.45, 2.75) is 17.7 Å². The quantitative estimate of drug-likeness (QED) is 0.843. The zero-order valence-corrected chi connectivity index (χ0v) is 15.8. The van der Waals surface area contributed by atoms with Crippen molar-refractivity contribution in [3.05, 3.63) is 53.1 Å². The summed E-state index contributed by atoms with van der Waals surface area (Å²) in [5.74, 6) is -0.0101. The number of halogens is 1. The SMILES string of the molecule is COc1ccc(Cl)cc1S(=O)(=O)Nc1ccccc1C(=O)N1CCCC1. The molecule has 0 aromatic heterocycles. The molecule has 26 heavy (non-hydrogen) atoms. The van der Waals surface area contributed by atoms with E-state index in [1.807, 2.05) is 0 Å². The number of rotatable bonds is 5. The lowest BCUT2D eigenvalue weighted by molar-refractivity contribution is 0.0794. The number of sulfonamides is 1. The molecule has 1 N–H and O–H groups in total. The normalized spacial score (nSPS) is 14.3. The Morgan fingerprint density at radius 3 is 2.54 bits per heavy atom. The van der Waals surface area contributed by atoms with E-state index < -0.39 is 10.0 Å². The van der Waals surface area contributed by atoms with Gasteiger partial charge in [-0.15, -0.1) is 0 Å². The van der Waals surface area contributed by atoms with Gasteiger partial charge in [-0.25, -0.2) is 8.42 Å². The number of methoxy groups -OCH3 is 1. The molecule has 2 aromatic rings. The van der Waals surface area contributed by atoms with Crippen molar-refractivity contribution in [2.24, 2.45) is 0 Å². The van der Waals surface area contributed by atoms with E-state index in [0.717, 1.165) is 12.8 Å². The largest absolute Gasteiger partial charge is 0.495 e. The van der Waals surface area contributed by atoms with Crippen LogP contribution < -0.4 is 9.46 Å². The first-order valence-corrected chi connectivity index (χ1v) is 10.0. The standard InChI is InChI=1S/C18H19ClN2O4S/c1-25-16-9-8-13(19)12-17(16)26(23,24)20-15-7-3-2-6-14(15)18(22)21-10-4-5-11-21/h2-3,6-9,12,20H,4-5,10-11H2,1H3. The van der Waals surface area contributed by atoms with Crippen LogP contribution in [0.1, 0.15) is 23.2 Å². The summed E-state index contributed by atoms with van der Waals surface area (Å²) in [6.45, 7) is 1.37. The van der Waals surface area contributed by atoms with E-state index in [2.05, 4.69) is 4.72 Å². The first-order chi connectivity index (χ1) is 12.4. The molecule has 1 aliphatic rings. The summed E-state index contributed by atoms with van der Waals surface area (Å²) in [5.41, 5.74) is 0.547. The molecule has 2 aromatic carbocycles. The molecular weight excluding hydrogens is 376 g/mol. The maximum absolute atomic E-state index is 12.9. The minimum Gasteiger partial charge on any atom is -0.495 e. The van der Waals surface area contributed by atoms with Crippen LogP contribution in [0.5, 0.6) is 5.75 Å². The molecule has 0 aliphatic carbocycles. The maximum Gasteiger partial charge on any atom is 0.265 e. The van der Waals surface area contributed by atoms with Gasteiger partial charge >= 0.3 is 0 Å². The molecule has 0 atom stereocenters. The number of nitrogens with zero attached hydrogens (tertiary/aromatic N) is 1. The molecule has 1 heterocycles. The van der Waals surface area contributed by atoms with Crippen molar-refractivity contribution in [1.82, 2.24) is 4.90 Å². The van der Waals surface area contributed by atoms with Gasteiger partial charge in [0.1, 0.15) is 10.6 Å². The molecule has 8 heteroatoms. The molecular formula is C18H19ClN2O4S. The predicted molar refractivity (Wildman–Crippen MR) is 100 cm³/mol. The minimum atomic E-state index is -3.99. The van der Waals surface area contributed by atoms with Crippen molar-refractivity contribution in [1.29, 1.82) is 0 Å². The topological polar surface area (TPSA) is 75.7 Å². The van der Waals surface area contributed by atoms with E-state index in [1.54, 1.807) is 35.2 Å². The Morgan fingerprint density at radius 2 is 1.85 bits per heavy atom. The summed E-state index contributed by atoms with van der Waals surface area (Å²) in [6.07, 6.45) is 1.92. The molecule has 6 nitrogen and oxygen atoms in total. The van der Waals surface area contributed by atoms with Gasteiger partial charge in [0.15, 0.2) is 0 Å². The number of amides is 1. The van der Waals surface area contributed by atoms with Crippen LogP contribution in [0.2, 0.25) is 5.02 Å². The summed E-state index contributed by atoms with van der Waals surface area (Å²) in [4.78, 5) is 14.4. The average molecular weight is 395 g/mol.